The van der Waals surface area contributed by atoms with Gasteiger partial charge in [-0.1, -0.05) is 13.0 Å². The first-order chi connectivity index (χ1) is 9.08. The number of aliphatic carboxylic acids is 1. The summed E-state index contributed by atoms with van der Waals surface area (Å²) in [5.41, 5.74) is 2.30. The van der Waals surface area contributed by atoms with Gasteiger partial charge in [0.25, 0.3) is 0 Å². The van der Waals surface area contributed by atoms with Gasteiger partial charge in [-0.05, 0) is 59.3 Å². The number of hydrogen-bond acceptors (Lipinski definition) is 2. The minimum Gasteiger partial charge on any atom is -0.481 e. The first kappa shape index (κ1) is 14.4. The normalized spacial score (nSPS) is 17.3. The number of carboxylic acid groups (broad SMARTS) is 1. The van der Waals surface area contributed by atoms with Crippen molar-refractivity contribution in [3.8, 4) is 0 Å². The third kappa shape index (κ3) is 3.72. The Labute approximate surface area is 122 Å². The van der Waals surface area contributed by atoms with Crippen LogP contribution in [0.15, 0.2) is 22.7 Å². The highest BCUT2D eigenvalue weighted by molar-refractivity contribution is 9.10. The highest BCUT2D eigenvalue weighted by atomic mass is 79.9. The highest BCUT2D eigenvalue weighted by Crippen LogP contribution is 2.30. The second kappa shape index (κ2) is 6.42. The zero-order chi connectivity index (χ0) is 13.8. The van der Waals surface area contributed by atoms with Crippen molar-refractivity contribution in [3.05, 3.63) is 28.2 Å². The molecular formula is C15H20BrNO2. The Morgan fingerprint density at radius 2 is 2.05 bits per heavy atom. The largest absolute Gasteiger partial charge is 0.481 e. The lowest BCUT2D eigenvalue weighted by atomic mass is 10.0. The van der Waals surface area contributed by atoms with E-state index in [2.05, 4.69) is 33.0 Å². The lowest BCUT2D eigenvalue weighted by Crippen LogP contribution is -2.29. The van der Waals surface area contributed by atoms with Crippen LogP contribution in [0.5, 0.6) is 0 Å². The molecule has 1 heterocycles. The molecule has 1 saturated heterocycles. The van der Waals surface area contributed by atoms with Gasteiger partial charge in [0.05, 0.1) is 11.6 Å². The van der Waals surface area contributed by atoms with Gasteiger partial charge < -0.3 is 10.0 Å². The van der Waals surface area contributed by atoms with Crippen LogP contribution in [-0.2, 0) is 11.2 Å². The summed E-state index contributed by atoms with van der Waals surface area (Å²) in [4.78, 5) is 13.3. The number of anilines is 1. The molecule has 4 heteroatoms. The Kier molecular flexibility index (Phi) is 4.86. The average Bonchev–Trinajstić information content (AvgIpc) is 2.39. The average molecular weight is 326 g/mol. The molecule has 0 radical (unpaired) electrons. The summed E-state index contributed by atoms with van der Waals surface area (Å²) in [6.07, 6.45) is 4.41. The van der Waals surface area contributed by atoms with Gasteiger partial charge in [-0.15, -0.1) is 0 Å². The summed E-state index contributed by atoms with van der Waals surface area (Å²) in [6.45, 7) is 3.97. The minimum absolute atomic E-state index is 0.340. The van der Waals surface area contributed by atoms with Crippen LogP contribution >= 0.6 is 15.9 Å². The molecule has 104 valence electrons. The number of carbonyl (C=O) groups is 1. The quantitative estimate of drug-likeness (QED) is 0.917. The van der Waals surface area contributed by atoms with Gasteiger partial charge in [0, 0.05) is 17.6 Å². The molecule has 3 nitrogen and oxygen atoms in total. The van der Waals surface area contributed by atoms with Gasteiger partial charge >= 0.3 is 5.97 Å². The molecule has 2 rings (SSSR count). The molecule has 0 amide bonds. The van der Waals surface area contributed by atoms with Crippen LogP contribution in [0.1, 0.15) is 31.7 Å². The van der Waals surface area contributed by atoms with E-state index in [0.717, 1.165) is 23.1 Å². The van der Waals surface area contributed by atoms with E-state index in [-0.39, 0.29) is 5.92 Å². The Hall–Kier alpha value is -1.03. The smallest absolute Gasteiger partial charge is 0.306 e. The third-order valence-corrected chi connectivity index (χ3v) is 4.31. The van der Waals surface area contributed by atoms with Crippen LogP contribution in [0, 0.1) is 5.92 Å². The van der Waals surface area contributed by atoms with Gasteiger partial charge in [0.2, 0.25) is 0 Å². The molecule has 1 aromatic carbocycles. The number of hydrogen-bond donors (Lipinski definition) is 1. The van der Waals surface area contributed by atoms with E-state index < -0.39 is 5.97 Å². The monoisotopic (exact) mass is 325 g/mol. The molecule has 1 aliphatic heterocycles. The van der Waals surface area contributed by atoms with E-state index >= 15 is 0 Å². The van der Waals surface area contributed by atoms with Gasteiger partial charge in [0.1, 0.15) is 0 Å². The molecular weight excluding hydrogens is 306 g/mol. The van der Waals surface area contributed by atoms with Gasteiger partial charge in [-0.2, -0.15) is 0 Å². The van der Waals surface area contributed by atoms with Crippen molar-refractivity contribution in [1.29, 1.82) is 0 Å². The van der Waals surface area contributed by atoms with Crippen LogP contribution in [0.2, 0.25) is 0 Å². The fraction of sp³-hybridized carbons (Fsp3) is 0.533. The van der Waals surface area contributed by atoms with Crippen molar-refractivity contribution >= 4 is 27.6 Å². The summed E-state index contributed by atoms with van der Waals surface area (Å²) < 4.78 is 1.07. The fourth-order valence-corrected chi connectivity index (χ4v) is 3.19. The highest BCUT2D eigenvalue weighted by Gasteiger charge is 2.16. The maximum atomic E-state index is 10.9. The second-order valence-electron chi connectivity index (χ2n) is 5.28. The van der Waals surface area contributed by atoms with E-state index in [4.69, 9.17) is 5.11 Å². The number of nitrogens with zero attached hydrogens (tertiary/aromatic N) is 1. The lowest BCUT2D eigenvalue weighted by molar-refractivity contribution is -0.141. The molecule has 19 heavy (non-hydrogen) atoms. The van der Waals surface area contributed by atoms with Crippen LogP contribution < -0.4 is 4.90 Å². The van der Waals surface area contributed by atoms with Crippen molar-refractivity contribution in [1.82, 2.24) is 0 Å². The van der Waals surface area contributed by atoms with E-state index in [9.17, 15) is 4.79 Å². The third-order valence-electron chi connectivity index (χ3n) is 3.67. The molecule has 1 N–H and O–H groups in total. The molecule has 0 bridgehead atoms. The number of carboxylic acids is 1. The topological polar surface area (TPSA) is 40.5 Å². The van der Waals surface area contributed by atoms with Crippen molar-refractivity contribution in [2.24, 2.45) is 5.92 Å². The summed E-state index contributed by atoms with van der Waals surface area (Å²) in [5.74, 6) is -1.08. The molecule has 0 aliphatic carbocycles. The van der Waals surface area contributed by atoms with Crippen LogP contribution in [0.25, 0.3) is 0 Å². The Bertz CT molecular complexity index is 455. The molecule has 1 aromatic rings. The van der Waals surface area contributed by atoms with Crippen molar-refractivity contribution in [2.45, 2.75) is 32.6 Å². The molecule has 0 aromatic heterocycles. The summed E-state index contributed by atoms with van der Waals surface area (Å²) in [5, 5.41) is 8.95. The zero-order valence-electron chi connectivity index (χ0n) is 11.2. The SMILES string of the molecule is CC(Cc1ccc(N2CCCCC2)c(Br)c1)C(=O)O. The van der Waals surface area contributed by atoms with E-state index in [1.54, 1.807) is 6.92 Å². The second-order valence-corrected chi connectivity index (χ2v) is 6.13. The standard InChI is InChI=1S/C15H20BrNO2/c1-11(15(18)19)9-12-5-6-14(13(16)10-12)17-7-3-2-4-8-17/h5-6,10-11H,2-4,7-9H2,1H3,(H,18,19). The van der Waals surface area contributed by atoms with Gasteiger partial charge in [0.15, 0.2) is 0 Å². The Balaban J connectivity index is 2.10. The number of piperidine rings is 1. The maximum absolute atomic E-state index is 10.9. The van der Waals surface area contributed by atoms with Crippen LogP contribution in [-0.4, -0.2) is 24.2 Å². The Morgan fingerprint density at radius 3 is 2.63 bits per heavy atom. The van der Waals surface area contributed by atoms with E-state index in [0.29, 0.717) is 6.42 Å². The molecule has 1 atom stereocenters. The van der Waals surface area contributed by atoms with Crippen molar-refractivity contribution in [3.63, 3.8) is 0 Å². The maximum Gasteiger partial charge on any atom is 0.306 e. The van der Waals surface area contributed by atoms with Crippen LogP contribution in [0.3, 0.4) is 0 Å². The van der Waals surface area contributed by atoms with Gasteiger partial charge in [-0.25, -0.2) is 0 Å². The first-order valence-electron chi connectivity index (χ1n) is 6.84. The van der Waals surface area contributed by atoms with E-state index in [1.807, 2.05) is 6.07 Å². The van der Waals surface area contributed by atoms with Gasteiger partial charge in [-0.3, -0.25) is 4.79 Å². The predicted molar refractivity (Wildman–Crippen MR) is 80.7 cm³/mol. The van der Waals surface area contributed by atoms with Crippen LogP contribution in [0.4, 0.5) is 5.69 Å². The molecule has 0 spiro atoms. The van der Waals surface area contributed by atoms with Crippen molar-refractivity contribution in [2.75, 3.05) is 18.0 Å². The van der Waals surface area contributed by atoms with E-state index in [1.165, 1.54) is 24.9 Å². The zero-order valence-corrected chi connectivity index (χ0v) is 12.8. The summed E-state index contributed by atoms with van der Waals surface area (Å²) >= 11 is 3.62. The summed E-state index contributed by atoms with van der Waals surface area (Å²) in [7, 11) is 0. The summed E-state index contributed by atoms with van der Waals surface area (Å²) in [6, 6.07) is 6.22. The predicted octanol–water partition coefficient (Wildman–Crippen LogP) is 3.70. The number of halogens is 1. The molecule has 1 aliphatic rings. The minimum atomic E-state index is -0.740. The molecule has 0 saturated carbocycles. The fourth-order valence-electron chi connectivity index (χ4n) is 2.51. The molecule has 1 unspecified atom stereocenters. The number of rotatable bonds is 4. The molecule has 1 fully saturated rings. The Morgan fingerprint density at radius 1 is 1.37 bits per heavy atom. The van der Waals surface area contributed by atoms with Crippen molar-refractivity contribution < 1.29 is 9.90 Å². The first-order valence-corrected chi connectivity index (χ1v) is 7.63. The lowest BCUT2D eigenvalue weighted by Gasteiger charge is -2.30. The number of benzene rings is 1.